The fourth-order valence-corrected chi connectivity index (χ4v) is 9.76. The van der Waals surface area contributed by atoms with Crippen LogP contribution in [0.5, 0.6) is 0 Å². The number of cyclic esters (lactones) is 1. The number of benzene rings is 3. The van der Waals surface area contributed by atoms with Crippen molar-refractivity contribution in [3.05, 3.63) is 108 Å². The van der Waals surface area contributed by atoms with Crippen LogP contribution in [-0.4, -0.2) is 140 Å². The van der Waals surface area contributed by atoms with E-state index >= 15 is 0 Å². The second-order valence-electron chi connectivity index (χ2n) is 18.0. The number of nitrogens with one attached hydrogen (secondary N) is 3. The van der Waals surface area contributed by atoms with E-state index in [9.17, 15) is 29.1 Å². The molecular weight excluding hydrogens is 889 g/mol. The van der Waals surface area contributed by atoms with E-state index in [1.807, 2.05) is 67.6 Å². The summed E-state index contributed by atoms with van der Waals surface area (Å²) in [7, 11) is 1.55. The van der Waals surface area contributed by atoms with Gasteiger partial charge in [-0.15, -0.1) is 0 Å². The van der Waals surface area contributed by atoms with Crippen LogP contribution < -0.4 is 16.0 Å². The molecule has 0 bridgehead atoms. The van der Waals surface area contributed by atoms with E-state index < -0.39 is 122 Å². The summed E-state index contributed by atoms with van der Waals surface area (Å²) in [6.07, 6.45) is -11.7. The third-order valence-electron chi connectivity index (χ3n) is 13.5. The van der Waals surface area contributed by atoms with Crippen molar-refractivity contribution in [3.63, 3.8) is 0 Å². The Hall–Kier alpha value is -6.03. The Morgan fingerprint density at radius 1 is 0.750 bits per heavy atom. The van der Waals surface area contributed by atoms with Gasteiger partial charge >= 0.3 is 30.3 Å². The van der Waals surface area contributed by atoms with Gasteiger partial charge in [-0.25, -0.2) is 24.0 Å². The quantitative estimate of drug-likeness (QED) is 0.148. The van der Waals surface area contributed by atoms with Crippen LogP contribution in [0.15, 0.2) is 91.0 Å². The van der Waals surface area contributed by atoms with Gasteiger partial charge in [-0.3, -0.25) is 4.90 Å². The molecule has 5 aliphatic heterocycles. The van der Waals surface area contributed by atoms with Crippen LogP contribution in [0, 0.1) is 11.8 Å². The minimum atomic E-state index is -1.23. The lowest BCUT2D eigenvalue weighted by molar-refractivity contribution is -0.364. The molecule has 1 saturated carbocycles. The maximum absolute atomic E-state index is 13.4. The Kier molecular flexibility index (Phi) is 14.3. The smallest absolute Gasteiger partial charge is 0.410 e. The highest BCUT2D eigenvalue weighted by molar-refractivity contribution is 5.89. The topological polar surface area (TPSA) is 237 Å². The highest BCUT2D eigenvalue weighted by Gasteiger charge is 2.60. The number of aliphatic hydroxyl groups is 1. The molecule has 0 spiro atoms. The summed E-state index contributed by atoms with van der Waals surface area (Å²) in [6, 6.07) is 23.7. The molecule has 3 aromatic carbocycles. The van der Waals surface area contributed by atoms with Crippen LogP contribution in [0.4, 0.5) is 19.2 Å². The number of alkyl carbamates (subject to hydrolysis) is 3. The number of nitrogens with zero attached hydrogens (tertiary/aromatic N) is 1. The van der Waals surface area contributed by atoms with Crippen molar-refractivity contribution in [1.29, 1.82) is 0 Å². The molecule has 1 aliphatic carbocycles. The average molecular weight is 945 g/mol. The number of rotatable bonds is 12. The number of amides is 4. The minimum absolute atomic E-state index is 0.00741. The van der Waals surface area contributed by atoms with Gasteiger partial charge < -0.3 is 68.4 Å². The standard InChI is InChI=1S/C48H56N4O16/c1-25-19-33-40(41-37(52(3)48(58)68-41)44(64-33)65-35-21-32(36-34(62-35)24-61-47(57)51-36)63-42(54)29-17-11-6-12-18-29)67-43(25)66-39-31(50-46(56)60-23-28-15-9-5-10-16-28)20-30(26(2)38(39)53)49-45(55)59-22-27-13-7-4-8-14-27/h4-18,25-26,30-41,43-44,53H,19-24H2,1-3H3,(H,49,55)(H,50,56)(H,51,57)/t25?,26?,30-,31?,32-,33+,34?,35-,36+,37?,38-,39-,40?,41?,43+,44?/m1/s1. The number of esters is 1. The van der Waals surface area contributed by atoms with Crippen molar-refractivity contribution in [3.8, 4) is 0 Å². The number of carbonyl (C=O) groups excluding carboxylic acids is 5. The average Bonchev–Trinajstić information content (AvgIpc) is 3.65. The van der Waals surface area contributed by atoms with Crippen LogP contribution in [0.3, 0.4) is 0 Å². The van der Waals surface area contributed by atoms with Gasteiger partial charge in [0.25, 0.3) is 0 Å². The molecule has 5 saturated heterocycles. The molecule has 20 nitrogen and oxygen atoms in total. The molecule has 0 aromatic heterocycles. The van der Waals surface area contributed by atoms with Crippen LogP contribution in [0.2, 0.25) is 0 Å². The second kappa shape index (κ2) is 20.7. The second-order valence-corrected chi connectivity index (χ2v) is 18.0. The maximum atomic E-state index is 13.4. The molecule has 4 N–H and O–H groups in total. The number of ether oxygens (including phenoxy) is 10. The van der Waals surface area contributed by atoms with Crippen molar-refractivity contribution < 1.29 is 76.4 Å². The SMILES string of the molecule is CC1C[C@@H]2OC(O[C@@H]3C[C@@H](OC(=O)c4ccccc4)[C@@H]4NC(=O)OCC4O3)C3C(OC(=O)N3C)C2O[C@@H]1O[C@@H]1C(NC(=O)OCc2ccccc2)C[C@@H](NC(=O)OCc2ccccc2)C(C)[C@H]1O. The van der Waals surface area contributed by atoms with E-state index in [2.05, 4.69) is 16.0 Å². The van der Waals surface area contributed by atoms with Gasteiger partial charge in [0.15, 0.2) is 25.0 Å². The van der Waals surface area contributed by atoms with Crippen LogP contribution >= 0.6 is 0 Å². The molecule has 4 amide bonds. The number of likely N-dealkylation sites (N-methyl/N-ethyl adjacent to an activating group) is 1. The molecule has 9 rings (SSSR count). The summed E-state index contributed by atoms with van der Waals surface area (Å²) in [5, 5.41) is 20.4. The minimum Gasteiger partial charge on any atom is -0.456 e. The molecule has 6 aliphatic rings. The maximum Gasteiger partial charge on any atom is 0.410 e. The summed E-state index contributed by atoms with van der Waals surface area (Å²) in [4.78, 5) is 66.5. The molecule has 6 fully saturated rings. The van der Waals surface area contributed by atoms with E-state index in [4.69, 9.17) is 47.4 Å². The summed E-state index contributed by atoms with van der Waals surface area (Å²) >= 11 is 0. The molecule has 364 valence electrons. The van der Waals surface area contributed by atoms with Gasteiger partial charge in [0.05, 0.1) is 29.9 Å². The molecule has 0 radical (unpaired) electrons. The van der Waals surface area contributed by atoms with Crippen molar-refractivity contribution in [1.82, 2.24) is 20.9 Å². The van der Waals surface area contributed by atoms with Gasteiger partial charge in [0.1, 0.15) is 50.3 Å². The first kappa shape index (κ1) is 47.1. The zero-order valence-corrected chi connectivity index (χ0v) is 37.7. The summed E-state index contributed by atoms with van der Waals surface area (Å²) in [6.45, 7) is 3.56. The van der Waals surface area contributed by atoms with Crippen molar-refractivity contribution in [2.75, 3.05) is 13.7 Å². The number of fused-ring (bicyclic) bond motifs is 4. The monoisotopic (exact) mass is 944 g/mol. The van der Waals surface area contributed by atoms with Crippen LogP contribution in [-0.2, 0) is 60.6 Å². The Bertz CT molecular complexity index is 2250. The molecule has 8 unspecified atom stereocenters. The summed E-state index contributed by atoms with van der Waals surface area (Å²) in [5.74, 6) is -1.55. The predicted octanol–water partition coefficient (Wildman–Crippen LogP) is 4.12. The van der Waals surface area contributed by atoms with Gasteiger partial charge in [0.2, 0.25) is 0 Å². The zero-order chi connectivity index (χ0) is 47.5. The number of hydrogen-bond acceptors (Lipinski definition) is 16. The molecule has 3 aromatic rings. The fourth-order valence-electron chi connectivity index (χ4n) is 9.76. The van der Waals surface area contributed by atoms with Crippen molar-refractivity contribution >= 4 is 30.3 Å². The lowest BCUT2D eigenvalue weighted by atomic mass is 9.78. The number of aliphatic hydroxyl groups excluding tert-OH is 1. The molecule has 20 heteroatoms. The first-order chi connectivity index (χ1) is 32.9. The van der Waals surface area contributed by atoms with E-state index in [0.717, 1.165) is 11.1 Å². The third kappa shape index (κ3) is 10.5. The first-order valence-corrected chi connectivity index (χ1v) is 22.9. The Morgan fingerprint density at radius 3 is 2.04 bits per heavy atom. The van der Waals surface area contributed by atoms with E-state index in [1.54, 1.807) is 44.3 Å². The lowest BCUT2D eigenvalue weighted by Gasteiger charge is -2.51. The van der Waals surface area contributed by atoms with Gasteiger partial charge in [-0.2, -0.15) is 0 Å². The highest BCUT2D eigenvalue weighted by atomic mass is 16.8. The first-order valence-electron chi connectivity index (χ1n) is 22.9. The molecular formula is C48H56N4O16. The van der Waals surface area contributed by atoms with Gasteiger partial charge in [-0.05, 0) is 36.1 Å². The number of hydrogen-bond donors (Lipinski definition) is 4. The Morgan fingerprint density at radius 2 is 1.38 bits per heavy atom. The van der Waals surface area contributed by atoms with Crippen molar-refractivity contribution in [2.45, 2.75) is 132 Å². The van der Waals surface area contributed by atoms with E-state index in [0.29, 0.717) is 12.0 Å². The lowest BCUT2D eigenvalue weighted by Crippen LogP contribution is -2.67. The molecule has 5 heterocycles. The Labute approximate surface area is 392 Å². The molecule has 68 heavy (non-hydrogen) atoms. The van der Waals surface area contributed by atoms with E-state index in [-0.39, 0.29) is 38.6 Å². The highest BCUT2D eigenvalue weighted by Crippen LogP contribution is 2.43. The summed E-state index contributed by atoms with van der Waals surface area (Å²) < 4.78 is 60.8. The van der Waals surface area contributed by atoms with Crippen LogP contribution in [0.25, 0.3) is 0 Å². The summed E-state index contributed by atoms with van der Waals surface area (Å²) in [5.41, 5.74) is 1.90. The largest absolute Gasteiger partial charge is 0.456 e. The third-order valence-corrected chi connectivity index (χ3v) is 13.5. The number of carbonyl (C=O) groups is 5. The van der Waals surface area contributed by atoms with Crippen molar-refractivity contribution in [2.24, 2.45) is 11.8 Å². The molecule has 16 atom stereocenters. The normalized spacial score (nSPS) is 35.1. The Balaban J connectivity index is 0.884. The van der Waals surface area contributed by atoms with Crippen LogP contribution in [0.1, 0.15) is 54.6 Å². The fraction of sp³-hybridized carbons (Fsp3) is 0.521. The van der Waals surface area contributed by atoms with Gasteiger partial charge in [0, 0.05) is 31.3 Å². The van der Waals surface area contributed by atoms with Gasteiger partial charge in [-0.1, -0.05) is 92.7 Å². The predicted molar refractivity (Wildman–Crippen MR) is 233 cm³/mol. The van der Waals surface area contributed by atoms with E-state index in [1.165, 1.54) is 4.90 Å². The zero-order valence-electron chi connectivity index (χ0n) is 37.7.